The molecular weight excluding hydrogens is 341 g/mol. The van der Waals surface area contributed by atoms with Gasteiger partial charge in [-0.15, -0.1) is 0 Å². The van der Waals surface area contributed by atoms with Gasteiger partial charge in [0, 0.05) is 13.6 Å². The van der Waals surface area contributed by atoms with Gasteiger partial charge in [0.05, 0.1) is 24.0 Å². The number of para-hydroxylation sites is 1. The molecule has 0 fully saturated rings. The fourth-order valence-corrected chi connectivity index (χ4v) is 2.05. The third-order valence-electron chi connectivity index (χ3n) is 3.29. The summed E-state index contributed by atoms with van der Waals surface area (Å²) in [5, 5.41) is 14.4. The lowest BCUT2D eigenvalue weighted by molar-refractivity contribution is -0.142. The van der Waals surface area contributed by atoms with Crippen LogP contribution in [0.4, 0.5) is 23.7 Å². The number of urea groups is 1. The number of anilines is 1. The van der Waals surface area contributed by atoms with Crippen molar-refractivity contribution in [3.8, 4) is 5.69 Å². The summed E-state index contributed by atoms with van der Waals surface area (Å²) >= 11 is 0. The maximum atomic E-state index is 13.4. The molecule has 7 nitrogen and oxygen atoms in total. The summed E-state index contributed by atoms with van der Waals surface area (Å²) in [4.78, 5) is 23.5. The van der Waals surface area contributed by atoms with E-state index in [1.807, 2.05) is 0 Å². The van der Waals surface area contributed by atoms with Gasteiger partial charge in [0.2, 0.25) is 0 Å². The Hall–Kier alpha value is -3.04. The quantitative estimate of drug-likeness (QED) is 0.862. The van der Waals surface area contributed by atoms with Crippen molar-refractivity contribution >= 4 is 17.7 Å². The number of carbonyl (C=O) groups excluding carboxylic acids is 1. The number of hydrogen-bond acceptors (Lipinski definition) is 3. The first-order valence-electron chi connectivity index (χ1n) is 7.14. The second-order valence-corrected chi connectivity index (χ2v) is 5.15. The van der Waals surface area contributed by atoms with Crippen LogP contribution in [0.5, 0.6) is 0 Å². The van der Waals surface area contributed by atoms with Crippen LogP contribution >= 0.6 is 0 Å². The van der Waals surface area contributed by atoms with Crippen molar-refractivity contribution < 1.29 is 27.9 Å². The van der Waals surface area contributed by atoms with Crippen molar-refractivity contribution in [2.24, 2.45) is 0 Å². The summed E-state index contributed by atoms with van der Waals surface area (Å²) in [6.07, 6.45) is -4.17. The summed E-state index contributed by atoms with van der Waals surface area (Å²) in [5.74, 6) is -1.12. The second-order valence-electron chi connectivity index (χ2n) is 5.15. The summed E-state index contributed by atoms with van der Waals surface area (Å²) in [6, 6.07) is 6.82. The van der Waals surface area contributed by atoms with Gasteiger partial charge >= 0.3 is 18.2 Å². The molecule has 0 aliphatic rings. The Morgan fingerprint density at radius 1 is 1.28 bits per heavy atom. The summed E-state index contributed by atoms with van der Waals surface area (Å²) < 4.78 is 41.0. The molecule has 0 unspecified atom stereocenters. The summed E-state index contributed by atoms with van der Waals surface area (Å²) in [5.41, 5.74) is -1.45. The zero-order valence-corrected chi connectivity index (χ0v) is 13.1. The van der Waals surface area contributed by atoms with Gasteiger partial charge in [0.1, 0.15) is 0 Å². The van der Waals surface area contributed by atoms with Crippen molar-refractivity contribution in [2.75, 3.05) is 18.9 Å². The number of alkyl halides is 3. The van der Waals surface area contributed by atoms with Gasteiger partial charge in [-0.3, -0.25) is 4.79 Å². The van der Waals surface area contributed by atoms with Crippen LogP contribution in [0.2, 0.25) is 0 Å². The van der Waals surface area contributed by atoms with E-state index >= 15 is 0 Å². The molecule has 0 aliphatic carbocycles. The maximum Gasteiger partial charge on any atom is 0.435 e. The number of carboxylic acid groups (broad SMARTS) is 1. The summed E-state index contributed by atoms with van der Waals surface area (Å²) in [7, 11) is 1.28. The predicted molar refractivity (Wildman–Crippen MR) is 82.5 cm³/mol. The van der Waals surface area contributed by atoms with Crippen LogP contribution in [0.1, 0.15) is 12.1 Å². The molecule has 2 rings (SSSR count). The second kappa shape index (κ2) is 7.24. The molecule has 2 N–H and O–H groups in total. The standard InChI is InChI=1S/C15H15F3N4O3/c1-21(8-7-12(23)24)14(25)20-11-9-19-22(13(11)15(16,17)18)10-5-3-2-4-6-10/h2-6,9H,7-8H2,1H3,(H,20,25)(H,23,24). The molecule has 1 aromatic heterocycles. The lowest BCUT2D eigenvalue weighted by Crippen LogP contribution is -2.33. The molecule has 0 aliphatic heterocycles. The topological polar surface area (TPSA) is 87.5 Å². The first kappa shape index (κ1) is 18.3. The van der Waals surface area contributed by atoms with E-state index in [2.05, 4.69) is 10.4 Å². The number of rotatable bonds is 5. The predicted octanol–water partition coefficient (Wildman–Crippen LogP) is 2.83. The molecule has 1 heterocycles. The van der Waals surface area contributed by atoms with E-state index in [-0.39, 0.29) is 18.7 Å². The number of benzene rings is 1. The van der Waals surface area contributed by atoms with Crippen LogP contribution in [0.15, 0.2) is 36.5 Å². The molecule has 2 amide bonds. The van der Waals surface area contributed by atoms with Gasteiger partial charge < -0.3 is 15.3 Å². The number of carbonyl (C=O) groups is 2. The smallest absolute Gasteiger partial charge is 0.435 e. The molecule has 1 aromatic carbocycles. The molecule has 0 saturated carbocycles. The number of hydrogen-bond donors (Lipinski definition) is 2. The fraction of sp³-hybridized carbons (Fsp3) is 0.267. The lowest BCUT2D eigenvalue weighted by atomic mass is 10.3. The van der Waals surface area contributed by atoms with Gasteiger partial charge in [-0.1, -0.05) is 18.2 Å². The highest BCUT2D eigenvalue weighted by Crippen LogP contribution is 2.36. The van der Waals surface area contributed by atoms with Crippen LogP contribution in [-0.2, 0) is 11.0 Å². The lowest BCUT2D eigenvalue weighted by Gasteiger charge is -2.18. The van der Waals surface area contributed by atoms with Crippen LogP contribution in [0, 0.1) is 0 Å². The van der Waals surface area contributed by atoms with E-state index in [9.17, 15) is 22.8 Å². The van der Waals surface area contributed by atoms with Crippen molar-refractivity contribution in [2.45, 2.75) is 12.6 Å². The number of carboxylic acids is 1. The van der Waals surface area contributed by atoms with Crippen molar-refractivity contribution in [3.63, 3.8) is 0 Å². The highest BCUT2D eigenvalue weighted by atomic mass is 19.4. The highest BCUT2D eigenvalue weighted by molar-refractivity contribution is 5.90. The number of aromatic nitrogens is 2. The van der Waals surface area contributed by atoms with E-state index in [4.69, 9.17) is 5.11 Å². The Bertz CT molecular complexity index is 759. The van der Waals surface area contributed by atoms with Gasteiger partial charge in [-0.2, -0.15) is 18.3 Å². The molecule has 0 spiro atoms. The summed E-state index contributed by atoms with van der Waals surface area (Å²) in [6.45, 7) is -0.144. The molecule has 0 atom stereocenters. The van der Waals surface area contributed by atoms with E-state index in [1.54, 1.807) is 18.2 Å². The molecule has 25 heavy (non-hydrogen) atoms. The molecule has 0 saturated heterocycles. The molecule has 134 valence electrons. The molecular formula is C15H15F3N4O3. The number of nitrogens with zero attached hydrogens (tertiary/aromatic N) is 3. The van der Waals surface area contributed by atoms with Crippen molar-refractivity contribution in [1.29, 1.82) is 0 Å². The largest absolute Gasteiger partial charge is 0.481 e. The number of halogens is 3. The van der Waals surface area contributed by atoms with Crippen molar-refractivity contribution in [3.05, 3.63) is 42.2 Å². The number of nitrogens with one attached hydrogen (secondary N) is 1. The number of aliphatic carboxylic acids is 1. The van der Waals surface area contributed by atoms with Gasteiger partial charge in [0.25, 0.3) is 0 Å². The Kier molecular flexibility index (Phi) is 5.30. The third-order valence-corrected chi connectivity index (χ3v) is 3.29. The van der Waals surface area contributed by atoms with Crippen LogP contribution in [-0.4, -0.2) is 45.4 Å². The maximum absolute atomic E-state index is 13.4. The van der Waals surface area contributed by atoms with Gasteiger partial charge in [-0.05, 0) is 12.1 Å². The molecule has 0 radical (unpaired) electrons. The Morgan fingerprint density at radius 3 is 2.48 bits per heavy atom. The Labute approximate surface area is 140 Å². The minimum atomic E-state index is -4.76. The van der Waals surface area contributed by atoms with E-state index in [0.29, 0.717) is 4.68 Å². The SMILES string of the molecule is CN(CCC(=O)O)C(=O)Nc1cnn(-c2ccccc2)c1C(F)(F)F. The van der Waals surface area contributed by atoms with Crippen LogP contribution in [0.25, 0.3) is 5.69 Å². The normalized spacial score (nSPS) is 11.2. The molecule has 2 aromatic rings. The molecule has 10 heteroatoms. The van der Waals surface area contributed by atoms with E-state index < -0.39 is 29.6 Å². The zero-order chi connectivity index (χ0) is 18.6. The van der Waals surface area contributed by atoms with E-state index in [1.165, 1.54) is 19.2 Å². The van der Waals surface area contributed by atoms with Gasteiger partial charge in [0.15, 0.2) is 5.69 Å². The van der Waals surface area contributed by atoms with Gasteiger partial charge in [-0.25, -0.2) is 9.48 Å². The minimum Gasteiger partial charge on any atom is -0.481 e. The van der Waals surface area contributed by atoms with Crippen LogP contribution < -0.4 is 5.32 Å². The Morgan fingerprint density at radius 2 is 1.92 bits per heavy atom. The monoisotopic (exact) mass is 356 g/mol. The molecule has 0 bridgehead atoms. The minimum absolute atomic E-state index is 0.144. The first-order chi connectivity index (χ1) is 11.7. The average Bonchev–Trinajstić information content (AvgIpc) is 2.97. The average molecular weight is 356 g/mol. The van der Waals surface area contributed by atoms with E-state index in [0.717, 1.165) is 11.1 Å². The third kappa shape index (κ3) is 4.49. The Balaban J connectivity index is 2.28. The highest BCUT2D eigenvalue weighted by Gasteiger charge is 2.39. The number of amides is 2. The van der Waals surface area contributed by atoms with Crippen molar-refractivity contribution in [1.82, 2.24) is 14.7 Å². The fourth-order valence-electron chi connectivity index (χ4n) is 2.05. The first-order valence-corrected chi connectivity index (χ1v) is 7.14. The van der Waals surface area contributed by atoms with Crippen LogP contribution in [0.3, 0.4) is 0 Å². The zero-order valence-electron chi connectivity index (χ0n) is 13.1.